The minimum absolute atomic E-state index is 0.919. The first-order valence-corrected chi connectivity index (χ1v) is 7.14. The van der Waals surface area contributed by atoms with E-state index < -0.39 is 0 Å². The van der Waals surface area contributed by atoms with Crippen molar-refractivity contribution in [3.8, 4) is 0 Å². The van der Waals surface area contributed by atoms with Crippen LogP contribution in [0.5, 0.6) is 0 Å². The molecule has 3 aromatic heterocycles. The standard InChI is InChI=1S/C18H14N2O/c1-10-7-11(2)17-14(8-10)20-16(19-17)9-13-12-5-3-4-6-15(12)21-18(13)20/h3-9,19H,1-2H3. The summed E-state index contributed by atoms with van der Waals surface area (Å²) >= 11 is 0. The van der Waals surface area contributed by atoms with Gasteiger partial charge in [-0.25, -0.2) is 0 Å². The molecule has 0 fully saturated rings. The van der Waals surface area contributed by atoms with Gasteiger partial charge < -0.3 is 9.40 Å². The van der Waals surface area contributed by atoms with E-state index in [1.807, 2.05) is 12.1 Å². The molecule has 0 spiro atoms. The van der Waals surface area contributed by atoms with Gasteiger partial charge in [-0.3, -0.25) is 4.40 Å². The lowest BCUT2D eigenvalue weighted by atomic mass is 10.1. The highest BCUT2D eigenvalue weighted by molar-refractivity contribution is 6.08. The molecule has 0 aliphatic carbocycles. The molecule has 0 aliphatic rings. The van der Waals surface area contributed by atoms with Crippen molar-refractivity contribution in [3.63, 3.8) is 0 Å². The number of hydrogen-bond donors (Lipinski definition) is 1. The van der Waals surface area contributed by atoms with Crippen molar-refractivity contribution in [1.82, 2.24) is 9.38 Å². The number of nitrogens with one attached hydrogen (secondary N) is 1. The van der Waals surface area contributed by atoms with Crippen LogP contribution in [0.15, 0.2) is 46.9 Å². The summed E-state index contributed by atoms with van der Waals surface area (Å²) in [6.07, 6.45) is 0. The minimum Gasteiger partial charge on any atom is -0.439 e. The maximum atomic E-state index is 6.09. The van der Waals surface area contributed by atoms with E-state index in [1.54, 1.807) is 0 Å². The van der Waals surface area contributed by atoms with Gasteiger partial charge in [-0.1, -0.05) is 24.3 Å². The van der Waals surface area contributed by atoms with E-state index >= 15 is 0 Å². The van der Waals surface area contributed by atoms with Crippen LogP contribution in [-0.4, -0.2) is 9.38 Å². The molecule has 3 nitrogen and oxygen atoms in total. The molecule has 0 radical (unpaired) electrons. The van der Waals surface area contributed by atoms with Gasteiger partial charge in [0, 0.05) is 5.39 Å². The molecule has 0 atom stereocenters. The first-order valence-electron chi connectivity index (χ1n) is 7.14. The minimum atomic E-state index is 0.919. The number of furan rings is 1. The average molecular weight is 274 g/mol. The molecule has 3 heterocycles. The van der Waals surface area contributed by atoms with E-state index in [-0.39, 0.29) is 0 Å². The first-order chi connectivity index (χ1) is 10.2. The third-order valence-corrected chi connectivity index (χ3v) is 4.29. The summed E-state index contributed by atoms with van der Waals surface area (Å²) < 4.78 is 8.28. The molecule has 0 aliphatic heterocycles. The fraction of sp³-hybridized carbons (Fsp3) is 0.111. The third kappa shape index (κ3) is 1.28. The number of aryl methyl sites for hydroxylation is 2. The van der Waals surface area contributed by atoms with E-state index in [0.29, 0.717) is 0 Å². The van der Waals surface area contributed by atoms with Crippen LogP contribution in [-0.2, 0) is 0 Å². The smallest absolute Gasteiger partial charge is 0.214 e. The van der Waals surface area contributed by atoms with E-state index in [9.17, 15) is 0 Å². The van der Waals surface area contributed by atoms with E-state index in [0.717, 1.165) is 22.3 Å². The summed E-state index contributed by atoms with van der Waals surface area (Å²) in [7, 11) is 0. The van der Waals surface area contributed by atoms with E-state index in [1.165, 1.54) is 27.5 Å². The van der Waals surface area contributed by atoms with Gasteiger partial charge in [-0.2, -0.15) is 0 Å². The molecule has 21 heavy (non-hydrogen) atoms. The van der Waals surface area contributed by atoms with Crippen LogP contribution in [0.4, 0.5) is 0 Å². The quantitative estimate of drug-likeness (QED) is 0.426. The zero-order chi connectivity index (χ0) is 14.1. The fourth-order valence-electron chi connectivity index (χ4n) is 3.41. The number of rotatable bonds is 0. The summed E-state index contributed by atoms with van der Waals surface area (Å²) in [5.74, 6) is 0. The lowest BCUT2D eigenvalue weighted by molar-refractivity contribution is 0.651. The van der Waals surface area contributed by atoms with Gasteiger partial charge in [0.15, 0.2) is 0 Å². The SMILES string of the molecule is Cc1cc(C)c2[nH]c3cc4c5ccccc5oc4n3c2c1. The molecule has 5 aromatic rings. The number of nitrogens with zero attached hydrogens (tertiary/aromatic N) is 1. The monoisotopic (exact) mass is 274 g/mol. The second-order valence-corrected chi connectivity index (χ2v) is 5.78. The summed E-state index contributed by atoms with van der Waals surface area (Å²) in [5, 5.41) is 2.33. The van der Waals surface area contributed by atoms with Crippen molar-refractivity contribution >= 4 is 38.7 Å². The molecule has 5 rings (SSSR count). The Morgan fingerprint density at radius 2 is 1.86 bits per heavy atom. The van der Waals surface area contributed by atoms with Gasteiger partial charge in [-0.15, -0.1) is 0 Å². The van der Waals surface area contributed by atoms with Crippen molar-refractivity contribution in [1.29, 1.82) is 0 Å². The summed E-state index contributed by atoms with van der Waals surface area (Å²) in [6, 6.07) is 14.8. The number of fused-ring (bicyclic) bond motifs is 7. The molecule has 0 amide bonds. The molecule has 0 bridgehead atoms. The van der Waals surface area contributed by atoms with Crippen LogP contribution in [0.25, 0.3) is 38.7 Å². The van der Waals surface area contributed by atoms with Crippen molar-refractivity contribution in [3.05, 3.63) is 53.6 Å². The van der Waals surface area contributed by atoms with Crippen LogP contribution >= 0.6 is 0 Å². The highest BCUT2D eigenvalue weighted by atomic mass is 16.3. The molecule has 1 N–H and O–H groups in total. The Kier molecular flexibility index (Phi) is 1.84. The van der Waals surface area contributed by atoms with Gasteiger partial charge >= 0.3 is 0 Å². The van der Waals surface area contributed by atoms with E-state index in [2.05, 4.69) is 53.6 Å². The molecular formula is C18H14N2O. The molecule has 3 heteroatoms. The van der Waals surface area contributed by atoms with Gasteiger partial charge in [0.05, 0.1) is 16.4 Å². The molecule has 2 aromatic carbocycles. The summed E-state index contributed by atoms with van der Waals surface area (Å²) in [4.78, 5) is 3.52. The van der Waals surface area contributed by atoms with Crippen molar-refractivity contribution in [2.24, 2.45) is 0 Å². The molecular weight excluding hydrogens is 260 g/mol. The molecule has 0 saturated heterocycles. The average Bonchev–Trinajstić information content (AvgIpc) is 3.07. The molecule has 102 valence electrons. The maximum Gasteiger partial charge on any atom is 0.214 e. The molecule has 0 saturated carbocycles. The molecule has 0 unspecified atom stereocenters. The second-order valence-electron chi connectivity index (χ2n) is 5.78. The van der Waals surface area contributed by atoms with E-state index in [4.69, 9.17) is 4.42 Å². The zero-order valence-electron chi connectivity index (χ0n) is 11.9. The summed E-state index contributed by atoms with van der Waals surface area (Å²) in [5.41, 5.74) is 7.82. The predicted octanol–water partition coefficient (Wildman–Crippen LogP) is 4.94. The summed E-state index contributed by atoms with van der Waals surface area (Å²) in [6.45, 7) is 4.27. The number of benzene rings is 2. The number of aromatic nitrogens is 2. The topological polar surface area (TPSA) is 33.3 Å². The van der Waals surface area contributed by atoms with Crippen LogP contribution < -0.4 is 0 Å². The predicted molar refractivity (Wildman–Crippen MR) is 86.0 cm³/mol. The van der Waals surface area contributed by atoms with Crippen molar-refractivity contribution in [2.75, 3.05) is 0 Å². The number of H-pyrrole nitrogens is 1. The highest BCUT2D eigenvalue weighted by Gasteiger charge is 2.16. The highest BCUT2D eigenvalue weighted by Crippen LogP contribution is 2.34. The van der Waals surface area contributed by atoms with Crippen molar-refractivity contribution < 1.29 is 4.42 Å². The number of para-hydroxylation sites is 1. The second kappa shape index (κ2) is 3.50. The normalized spacial score (nSPS) is 12.3. The van der Waals surface area contributed by atoms with Gasteiger partial charge in [0.1, 0.15) is 11.2 Å². The Morgan fingerprint density at radius 3 is 2.76 bits per heavy atom. The Labute approximate surface area is 120 Å². The van der Waals surface area contributed by atoms with Crippen LogP contribution in [0.3, 0.4) is 0 Å². The fourth-order valence-corrected chi connectivity index (χ4v) is 3.41. The van der Waals surface area contributed by atoms with Gasteiger partial charge in [0.25, 0.3) is 0 Å². The Morgan fingerprint density at radius 1 is 1.00 bits per heavy atom. The Balaban J connectivity index is 2.08. The number of aromatic amines is 1. The third-order valence-electron chi connectivity index (χ3n) is 4.29. The Hall–Kier alpha value is -2.68. The number of imidazole rings is 1. The van der Waals surface area contributed by atoms with Gasteiger partial charge in [-0.05, 0) is 43.2 Å². The van der Waals surface area contributed by atoms with Crippen LogP contribution in [0.1, 0.15) is 11.1 Å². The van der Waals surface area contributed by atoms with Crippen molar-refractivity contribution in [2.45, 2.75) is 13.8 Å². The number of hydrogen-bond acceptors (Lipinski definition) is 1. The Bertz CT molecular complexity index is 1150. The maximum absolute atomic E-state index is 6.09. The van der Waals surface area contributed by atoms with Gasteiger partial charge in [0.2, 0.25) is 5.71 Å². The van der Waals surface area contributed by atoms with Crippen LogP contribution in [0, 0.1) is 13.8 Å². The lowest BCUT2D eigenvalue weighted by Crippen LogP contribution is -1.83. The lowest BCUT2D eigenvalue weighted by Gasteiger charge is -1.99. The largest absolute Gasteiger partial charge is 0.439 e. The van der Waals surface area contributed by atoms with Crippen LogP contribution in [0.2, 0.25) is 0 Å². The zero-order valence-corrected chi connectivity index (χ0v) is 11.9. The first kappa shape index (κ1) is 11.0.